The maximum atomic E-state index is 5.79. The Hall–Kier alpha value is -0.630. The molecule has 0 radical (unpaired) electrons. The molecule has 1 aliphatic rings. The Balaban J connectivity index is 1.89. The largest absolute Gasteiger partial charge is 0.493 e. The van der Waals surface area contributed by atoms with Crippen LogP contribution in [0, 0.1) is 3.57 Å². The van der Waals surface area contributed by atoms with Gasteiger partial charge in [0, 0.05) is 14.5 Å². The lowest BCUT2D eigenvalue weighted by atomic mass is 9.97. The van der Waals surface area contributed by atoms with E-state index in [9.17, 15) is 0 Å². The van der Waals surface area contributed by atoms with Crippen LogP contribution in [-0.2, 0) is 12.8 Å². The third-order valence-corrected chi connectivity index (χ3v) is 4.90. The lowest BCUT2D eigenvalue weighted by Crippen LogP contribution is -2.29. The van der Waals surface area contributed by atoms with Gasteiger partial charge < -0.3 is 4.74 Å². The monoisotopic (exact) mass is 458 g/mol. The molecule has 3 N–H and O–H groups in total. The molecule has 0 spiro atoms. The van der Waals surface area contributed by atoms with E-state index in [-0.39, 0.29) is 6.04 Å². The Morgan fingerprint density at radius 3 is 2.76 bits per heavy atom. The van der Waals surface area contributed by atoms with Crippen LogP contribution in [0.25, 0.3) is 0 Å². The van der Waals surface area contributed by atoms with Gasteiger partial charge >= 0.3 is 0 Å². The summed E-state index contributed by atoms with van der Waals surface area (Å²) >= 11 is 5.89. The third kappa shape index (κ3) is 3.41. The van der Waals surface area contributed by atoms with Crippen molar-refractivity contribution in [2.24, 2.45) is 5.84 Å². The van der Waals surface area contributed by atoms with Crippen LogP contribution in [0.3, 0.4) is 0 Å². The van der Waals surface area contributed by atoms with Gasteiger partial charge in [-0.05, 0) is 70.0 Å². The Kier molecular flexibility index (Phi) is 4.83. The molecule has 1 atom stereocenters. The summed E-state index contributed by atoms with van der Waals surface area (Å²) in [5.74, 6) is 6.80. The fourth-order valence-electron chi connectivity index (χ4n) is 2.69. The number of hydrogen-bond donors (Lipinski definition) is 2. The summed E-state index contributed by atoms with van der Waals surface area (Å²) in [5.41, 5.74) is 6.58. The van der Waals surface area contributed by atoms with Crippen molar-refractivity contribution in [3.63, 3.8) is 0 Å². The second kappa shape index (κ2) is 6.64. The number of rotatable bonds is 4. The highest BCUT2D eigenvalue weighted by molar-refractivity contribution is 14.1. The zero-order valence-corrected chi connectivity index (χ0v) is 15.1. The van der Waals surface area contributed by atoms with Gasteiger partial charge in [0.15, 0.2) is 0 Å². The lowest BCUT2D eigenvalue weighted by Gasteiger charge is -2.18. The summed E-state index contributed by atoms with van der Waals surface area (Å²) in [5, 5.41) is 0. The summed E-state index contributed by atoms with van der Waals surface area (Å²) in [6.07, 6.45) is 1.78. The van der Waals surface area contributed by atoms with E-state index in [1.165, 1.54) is 20.3 Å². The number of nitrogens with one attached hydrogen (secondary N) is 1. The number of ether oxygens (including phenoxy) is 1. The highest BCUT2D eigenvalue weighted by Gasteiger charge is 2.20. The van der Waals surface area contributed by atoms with E-state index in [2.05, 4.69) is 80.3 Å². The van der Waals surface area contributed by atoms with Crippen LogP contribution in [0.15, 0.2) is 40.9 Å². The first-order chi connectivity index (χ1) is 10.2. The topological polar surface area (TPSA) is 47.3 Å². The molecule has 2 aromatic carbocycles. The third-order valence-electron chi connectivity index (χ3n) is 3.72. The SMILES string of the molecule is NNC(Cc1cc(Br)cc2c1OCC2)c1ccc(I)cc1. The number of nitrogens with two attached hydrogens (primary N) is 1. The van der Waals surface area contributed by atoms with Gasteiger partial charge in [0.2, 0.25) is 0 Å². The van der Waals surface area contributed by atoms with E-state index in [1.807, 2.05) is 0 Å². The van der Waals surface area contributed by atoms with E-state index in [0.717, 1.165) is 29.7 Å². The predicted molar refractivity (Wildman–Crippen MR) is 96.3 cm³/mol. The molecule has 5 heteroatoms. The second-order valence-electron chi connectivity index (χ2n) is 5.13. The molecule has 110 valence electrons. The van der Waals surface area contributed by atoms with Gasteiger partial charge in [0.25, 0.3) is 0 Å². The van der Waals surface area contributed by atoms with Crippen molar-refractivity contribution in [3.05, 3.63) is 61.1 Å². The summed E-state index contributed by atoms with van der Waals surface area (Å²) in [4.78, 5) is 0. The summed E-state index contributed by atoms with van der Waals surface area (Å²) in [7, 11) is 0. The fraction of sp³-hybridized carbons (Fsp3) is 0.250. The van der Waals surface area contributed by atoms with Crippen LogP contribution in [0.4, 0.5) is 0 Å². The minimum Gasteiger partial charge on any atom is -0.493 e. The summed E-state index contributed by atoms with van der Waals surface area (Å²) < 4.78 is 8.11. The molecule has 0 amide bonds. The normalized spacial score (nSPS) is 14.6. The molecule has 0 aromatic heterocycles. The average Bonchev–Trinajstić information content (AvgIpc) is 2.94. The number of halogens is 2. The van der Waals surface area contributed by atoms with E-state index in [0.29, 0.717) is 0 Å². The van der Waals surface area contributed by atoms with Crippen molar-refractivity contribution in [1.82, 2.24) is 5.43 Å². The number of fused-ring (bicyclic) bond motifs is 1. The first-order valence-corrected chi connectivity index (χ1v) is 8.70. The molecule has 0 saturated carbocycles. The Morgan fingerprint density at radius 2 is 2.05 bits per heavy atom. The van der Waals surface area contributed by atoms with E-state index >= 15 is 0 Å². The lowest BCUT2D eigenvalue weighted by molar-refractivity contribution is 0.351. The van der Waals surface area contributed by atoms with Crippen LogP contribution < -0.4 is 16.0 Å². The predicted octanol–water partition coefficient (Wildman–Crippen LogP) is 3.74. The number of hydrogen-bond acceptors (Lipinski definition) is 3. The zero-order chi connectivity index (χ0) is 14.8. The van der Waals surface area contributed by atoms with Gasteiger partial charge in [0.1, 0.15) is 5.75 Å². The minimum absolute atomic E-state index is 0.0737. The van der Waals surface area contributed by atoms with E-state index in [1.54, 1.807) is 0 Å². The van der Waals surface area contributed by atoms with Crippen LogP contribution in [-0.4, -0.2) is 6.61 Å². The molecule has 2 aromatic rings. The molecule has 0 aliphatic carbocycles. The molecule has 3 rings (SSSR count). The molecular weight excluding hydrogens is 443 g/mol. The maximum Gasteiger partial charge on any atom is 0.125 e. The molecule has 21 heavy (non-hydrogen) atoms. The molecule has 0 bridgehead atoms. The quantitative estimate of drug-likeness (QED) is 0.417. The van der Waals surface area contributed by atoms with E-state index in [4.69, 9.17) is 10.6 Å². The van der Waals surface area contributed by atoms with Crippen LogP contribution in [0.1, 0.15) is 22.7 Å². The molecule has 1 aliphatic heterocycles. The Labute approximate surface area is 146 Å². The van der Waals surface area contributed by atoms with Crippen molar-refractivity contribution in [1.29, 1.82) is 0 Å². The van der Waals surface area contributed by atoms with Crippen LogP contribution >= 0.6 is 38.5 Å². The van der Waals surface area contributed by atoms with Crippen molar-refractivity contribution >= 4 is 38.5 Å². The van der Waals surface area contributed by atoms with Crippen molar-refractivity contribution in [3.8, 4) is 5.75 Å². The van der Waals surface area contributed by atoms with Gasteiger partial charge in [-0.15, -0.1) is 0 Å². The van der Waals surface area contributed by atoms with Gasteiger partial charge in [0.05, 0.1) is 12.6 Å². The Morgan fingerprint density at radius 1 is 1.29 bits per heavy atom. The van der Waals surface area contributed by atoms with E-state index < -0.39 is 0 Å². The second-order valence-corrected chi connectivity index (χ2v) is 7.29. The van der Waals surface area contributed by atoms with Crippen LogP contribution in [0.5, 0.6) is 5.75 Å². The molecule has 0 fully saturated rings. The summed E-state index contributed by atoms with van der Waals surface area (Å²) in [6, 6.07) is 12.8. The molecule has 0 saturated heterocycles. The van der Waals surface area contributed by atoms with Gasteiger partial charge in [-0.1, -0.05) is 28.1 Å². The Bertz CT molecular complexity index is 645. The molecule has 1 heterocycles. The maximum absolute atomic E-state index is 5.79. The first kappa shape index (κ1) is 15.3. The average molecular weight is 459 g/mol. The zero-order valence-electron chi connectivity index (χ0n) is 11.4. The van der Waals surface area contributed by atoms with Gasteiger partial charge in [-0.25, -0.2) is 0 Å². The van der Waals surface area contributed by atoms with Crippen LogP contribution in [0.2, 0.25) is 0 Å². The standard InChI is InChI=1S/C16H16BrIN2O/c17-13-7-11-5-6-21-16(11)12(8-13)9-15(20-19)10-1-3-14(18)4-2-10/h1-4,7-8,15,20H,5-6,9,19H2. The fourth-order valence-corrected chi connectivity index (χ4v) is 3.60. The smallest absolute Gasteiger partial charge is 0.125 e. The first-order valence-electron chi connectivity index (χ1n) is 6.83. The summed E-state index contributed by atoms with van der Waals surface area (Å²) in [6.45, 7) is 0.767. The minimum atomic E-state index is 0.0737. The van der Waals surface area contributed by atoms with Crippen molar-refractivity contribution < 1.29 is 4.74 Å². The van der Waals surface area contributed by atoms with Gasteiger partial charge in [-0.2, -0.15) is 0 Å². The highest BCUT2D eigenvalue weighted by Crippen LogP contribution is 2.35. The van der Waals surface area contributed by atoms with Crippen molar-refractivity contribution in [2.75, 3.05) is 6.61 Å². The molecular formula is C16H16BrIN2O. The molecule has 1 unspecified atom stereocenters. The number of benzene rings is 2. The highest BCUT2D eigenvalue weighted by atomic mass is 127. The number of hydrazine groups is 1. The van der Waals surface area contributed by atoms with Crippen molar-refractivity contribution in [2.45, 2.75) is 18.9 Å². The molecule has 3 nitrogen and oxygen atoms in total. The van der Waals surface area contributed by atoms with Gasteiger partial charge in [-0.3, -0.25) is 11.3 Å².